The molecule has 1 aromatic carbocycles. The molecule has 0 radical (unpaired) electrons. The van der Waals surface area contributed by atoms with Gasteiger partial charge in [-0.2, -0.15) is 0 Å². The van der Waals surface area contributed by atoms with Crippen LogP contribution in [0.1, 0.15) is 15.9 Å². The number of hydrogen-bond donors (Lipinski definition) is 0. The van der Waals surface area contributed by atoms with Crippen molar-refractivity contribution in [3.05, 3.63) is 41.5 Å². The minimum Gasteiger partial charge on any atom is -0.466 e. The Bertz CT molecular complexity index is 432. The van der Waals surface area contributed by atoms with E-state index in [1.165, 1.54) is 18.1 Å². The topological polar surface area (TPSA) is 46.6 Å². The molecule has 0 aliphatic heterocycles. The van der Waals surface area contributed by atoms with Crippen molar-refractivity contribution in [2.24, 2.45) is 0 Å². The molecule has 0 fully saturated rings. The zero-order valence-corrected chi connectivity index (χ0v) is 10.1. The highest BCUT2D eigenvalue weighted by molar-refractivity contribution is 5.94. The molecular weight excluding hydrogens is 218 g/mol. The van der Waals surface area contributed by atoms with Crippen LogP contribution in [0.2, 0.25) is 0 Å². The van der Waals surface area contributed by atoms with Gasteiger partial charge in [0.05, 0.1) is 7.11 Å². The summed E-state index contributed by atoms with van der Waals surface area (Å²) in [5, 5.41) is 0. The minimum atomic E-state index is -0.404. The van der Waals surface area contributed by atoms with Gasteiger partial charge in [0.2, 0.25) is 0 Å². The van der Waals surface area contributed by atoms with E-state index < -0.39 is 5.97 Å². The number of amides is 1. The summed E-state index contributed by atoms with van der Waals surface area (Å²) in [6.07, 6.45) is 2.97. The summed E-state index contributed by atoms with van der Waals surface area (Å²) in [6, 6.07) is 6.99. The van der Waals surface area contributed by atoms with Crippen LogP contribution in [0, 0.1) is 0 Å². The van der Waals surface area contributed by atoms with Crippen LogP contribution in [-0.2, 0) is 9.53 Å². The molecule has 17 heavy (non-hydrogen) atoms. The second kappa shape index (κ2) is 5.84. The van der Waals surface area contributed by atoms with E-state index in [0.717, 1.165) is 5.56 Å². The Morgan fingerprint density at radius 3 is 2.24 bits per heavy atom. The van der Waals surface area contributed by atoms with Crippen molar-refractivity contribution in [1.82, 2.24) is 4.90 Å². The van der Waals surface area contributed by atoms with Crippen LogP contribution in [0.5, 0.6) is 0 Å². The molecular formula is C13H15NO3. The van der Waals surface area contributed by atoms with Gasteiger partial charge in [-0.3, -0.25) is 4.79 Å². The molecule has 1 rings (SSSR count). The summed E-state index contributed by atoms with van der Waals surface area (Å²) in [5.74, 6) is -0.452. The van der Waals surface area contributed by atoms with E-state index in [-0.39, 0.29) is 5.91 Å². The first kappa shape index (κ1) is 13.0. The molecule has 0 aliphatic rings. The maximum Gasteiger partial charge on any atom is 0.330 e. The van der Waals surface area contributed by atoms with E-state index in [4.69, 9.17) is 0 Å². The lowest BCUT2D eigenvalue weighted by Crippen LogP contribution is -2.21. The lowest BCUT2D eigenvalue weighted by atomic mass is 10.1. The van der Waals surface area contributed by atoms with Gasteiger partial charge in [0.1, 0.15) is 0 Å². The maximum absolute atomic E-state index is 11.6. The molecule has 0 unspecified atom stereocenters. The Hall–Kier alpha value is -2.10. The zero-order chi connectivity index (χ0) is 12.8. The first-order valence-corrected chi connectivity index (χ1v) is 5.12. The number of benzene rings is 1. The quantitative estimate of drug-likeness (QED) is 0.588. The highest BCUT2D eigenvalue weighted by Gasteiger charge is 2.06. The molecule has 0 N–H and O–H groups in total. The van der Waals surface area contributed by atoms with Gasteiger partial charge in [-0.25, -0.2) is 4.79 Å². The van der Waals surface area contributed by atoms with Crippen molar-refractivity contribution in [2.45, 2.75) is 0 Å². The molecule has 4 nitrogen and oxygen atoms in total. The molecule has 1 aromatic rings. The van der Waals surface area contributed by atoms with Crippen LogP contribution < -0.4 is 0 Å². The Labute approximate surface area is 100 Å². The number of ether oxygens (including phenoxy) is 1. The van der Waals surface area contributed by atoms with Crippen LogP contribution in [0.15, 0.2) is 30.3 Å². The number of carbonyl (C=O) groups excluding carboxylic acids is 2. The van der Waals surface area contributed by atoms with E-state index in [0.29, 0.717) is 5.56 Å². The van der Waals surface area contributed by atoms with Gasteiger partial charge in [0, 0.05) is 25.7 Å². The Morgan fingerprint density at radius 2 is 1.76 bits per heavy atom. The van der Waals surface area contributed by atoms with E-state index in [2.05, 4.69) is 4.74 Å². The molecule has 0 saturated heterocycles. The van der Waals surface area contributed by atoms with Gasteiger partial charge in [0.15, 0.2) is 0 Å². The predicted molar refractivity (Wildman–Crippen MR) is 65.5 cm³/mol. The van der Waals surface area contributed by atoms with Crippen LogP contribution in [-0.4, -0.2) is 38.0 Å². The van der Waals surface area contributed by atoms with Gasteiger partial charge in [-0.1, -0.05) is 12.1 Å². The van der Waals surface area contributed by atoms with E-state index in [1.54, 1.807) is 44.4 Å². The number of rotatable bonds is 3. The maximum atomic E-state index is 11.6. The van der Waals surface area contributed by atoms with E-state index in [1.807, 2.05) is 0 Å². The second-order valence-electron chi connectivity index (χ2n) is 3.68. The number of methoxy groups -OCH3 is 1. The lowest BCUT2D eigenvalue weighted by molar-refractivity contribution is -0.134. The average Bonchev–Trinajstić information content (AvgIpc) is 2.35. The number of esters is 1. The third-order valence-corrected chi connectivity index (χ3v) is 2.18. The smallest absolute Gasteiger partial charge is 0.330 e. The van der Waals surface area contributed by atoms with Gasteiger partial charge in [-0.05, 0) is 23.8 Å². The third-order valence-electron chi connectivity index (χ3n) is 2.18. The predicted octanol–water partition coefficient (Wildman–Crippen LogP) is 1.57. The van der Waals surface area contributed by atoms with Crippen LogP contribution in [0.3, 0.4) is 0 Å². The first-order valence-electron chi connectivity index (χ1n) is 5.12. The molecule has 0 bridgehead atoms. The van der Waals surface area contributed by atoms with E-state index in [9.17, 15) is 9.59 Å². The first-order chi connectivity index (χ1) is 8.04. The number of hydrogen-bond acceptors (Lipinski definition) is 3. The summed E-state index contributed by atoms with van der Waals surface area (Å²) in [7, 11) is 4.73. The third kappa shape index (κ3) is 3.75. The molecule has 0 heterocycles. The normalized spacial score (nSPS) is 10.3. The molecule has 1 amide bonds. The molecule has 4 heteroatoms. The van der Waals surface area contributed by atoms with Gasteiger partial charge in [0.25, 0.3) is 5.91 Å². The molecule has 90 valence electrons. The summed E-state index contributed by atoms with van der Waals surface area (Å²) in [6.45, 7) is 0. The molecule has 0 spiro atoms. The SMILES string of the molecule is COC(=O)C=Cc1ccc(C(=O)N(C)C)cc1. The van der Waals surface area contributed by atoms with Gasteiger partial charge in [-0.15, -0.1) is 0 Å². The fraction of sp³-hybridized carbons (Fsp3) is 0.231. The molecule has 0 atom stereocenters. The molecule has 0 aromatic heterocycles. The summed E-state index contributed by atoms with van der Waals surface area (Å²) in [5.41, 5.74) is 1.45. The molecule has 0 saturated carbocycles. The van der Waals surface area contributed by atoms with Gasteiger partial charge < -0.3 is 9.64 Å². The lowest BCUT2D eigenvalue weighted by Gasteiger charge is -2.09. The number of carbonyl (C=O) groups is 2. The van der Waals surface area contributed by atoms with Crippen molar-refractivity contribution in [3.63, 3.8) is 0 Å². The molecule has 0 aliphatic carbocycles. The Kier molecular flexibility index (Phi) is 4.46. The minimum absolute atomic E-state index is 0.0477. The fourth-order valence-corrected chi connectivity index (χ4v) is 1.23. The van der Waals surface area contributed by atoms with Crippen molar-refractivity contribution in [2.75, 3.05) is 21.2 Å². The summed E-state index contributed by atoms with van der Waals surface area (Å²) < 4.78 is 4.48. The monoisotopic (exact) mass is 233 g/mol. The largest absolute Gasteiger partial charge is 0.466 e. The van der Waals surface area contributed by atoms with Crippen molar-refractivity contribution in [1.29, 1.82) is 0 Å². The summed E-state index contributed by atoms with van der Waals surface area (Å²) >= 11 is 0. The van der Waals surface area contributed by atoms with Crippen molar-refractivity contribution >= 4 is 18.0 Å². The highest BCUT2D eigenvalue weighted by Crippen LogP contribution is 2.07. The fourth-order valence-electron chi connectivity index (χ4n) is 1.23. The zero-order valence-electron chi connectivity index (χ0n) is 10.1. The van der Waals surface area contributed by atoms with Crippen LogP contribution in [0.25, 0.3) is 6.08 Å². The standard InChI is InChI=1S/C13H15NO3/c1-14(2)13(16)11-7-4-10(5-8-11)6-9-12(15)17-3/h4-9H,1-3H3. The Morgan fingerprint density at radius 1 is 1.18 bits per heavy atom. The van der Waals surface area contributed by atoms with Gasteiger partial charge >= 0.3 is 5.97 Å². The number of nitrogens with zero attached hydrogens (tertiary/aromatic N) is 1. The Balaban J connectivity index is 2.78. The highest BCUT2D eigenvalue weighted by atomic mass is 16.5. The van der Waals surface area contributed by atoms with Crippen LogP contribution in [0.4, 0.5) is 0 Å². The summed E-state index contributed by atoms with van der Waals surface area (Å²) in [4.78, 5) is 24.0. The van der Waals surface area contributed by atoms with Crippen molar-refractivity contribution < 1.29 is 14.3 Å². The van der Waals surface area contributed by atoms with Crippen LogP contribution >= 0.6 is 0 Å². The second-order valence-corrected chi connectivity index (χ2v) is 3.68. The van der Waals surface area contributed by atoms with E-state index >= 15 is 0 Å². The average molecular weight is 233 g/mol. The van der Waals surface area contributed by atoms with Crippen molar-refractivity contribution in [3.8, 4) is 0 Å².